The first-order valence-corrected chi connectivity index (χ1v) is 29.8. The van der Waals surface area contributed by atoms with Crippen LogP contribution in [-0.4, -0.2) is 37.2 Å². The molecule has 0 aliphatic carbocycles. The van der Waals surface area contributed by atoms with E-state index in [1.54, 1.807) is 0 Å². The topological polar surface area (TPSA) is 78.9 Å². The summed E-state index contributed by atoms with van der Waals surface area (Å²) >= 11 is 0. The molecule has 0 aliphatic heterocycles. The third-order valence-electron chi connectivity index (χ3n) is 13.0. The highest BCUT2D eigenvalue weighted by Gasteiger charge is 2.19. The molecule has 6 heteroatoms. The van der Waals surface area contributed by atoms with E-state index < -0.39 is 6.10 Å². The van der Waals surface area contributed by atoms with Crippen molar-refractivity contribution in [3.05, 3.63) is 60.8 Å². The molecule has 0 saturated heterocycles. The fraction of sp³-hybridized carbons (Fsp3) is 0.794. The number of rotatable bonds is 54. The molecular weight excluding hydrogens is 853 g/mol. The third kappa shape index (κ3) is 55.9. The van der Waals surface area contributed by atoms with Crippen LogP contribution in [0.1, 0.15) is 303 Å². The normalized spacial score (nSPS) is 12.4. The zero-order valence-electron chi connectivity index (χ0n) is 45.8. The van der Waals surface area contributed by atoms with Crippen molar-refractivity contribution in [2.45, 2.75) is 309 Å². The lowest BCUT2D eigenvalue weighted by Crippen LogP contribution is -2.30. The molecule has 0 bridgehead atoms. The summed E-state index contributed by atoms with van der Waals surface area (Å²) in [6.45, 7) is 6.52. The van der Waals surface area contributed by atoms with E-state index >= 15 is 0 Å². The Morgan fingerprint density at radius 2 is 0.565 bits per heavy atom. The van der Waals surface area contributed by atoms with Gasteiger partial charge in [0.15, 0.2) is 6.10 Å². The molecule has 1 unspecified atom stereocenters. The Morgan fingerprint density at radius 1 is 0.304 bits per heavy atom. The number of unbranched alkanes of at least 4 members (excludes halogenated alkanes) is 33. The van der Waals surface area contributed by atoms with Crippen molar-refractivity contribution in [3.8, 4) is 0 Å². The maximum absolute atomic E-state index is 12.9. The summed E-state index contributed by atoms with van der Waals surface area (Å²) in [5.41, 5.74) is 0. The number of hydrogen-bond donors (Lipinski definition) is 0. The van der Waals surface area contributed by atoms with Crippen LogP contribution >= 0.6 is 0 Å². The first-order chi connectivity index (χ1) is 34.0. The number of carbonyl (C=O) groups excluding carboxylic acids is 3. The van der Waals surface area contributed by atoms with Crippen molar-refractivity contribution >= 4 is 17.9 Å². The van der Waals surface area contributed by atoms with Gasteiger partial charge in [-0.25, -0.2) is 0 Å². The molecule has 6 nitrogen and oxygen atoms in total. The van der Waals surface area contributed by atoms with E-state index in [0.29, 0.717) is 19.3 Å². The number of carbonyl (C=O) groups is 3. The lowest BCUT2D eigenvalue weighted by atomic mass is 10.0. The molecule has 0 amide bonds. The van der Waals surface area contributed by atoms with E-state index in [4.69, 9.17) is 14.2 Å². The summed E-state index contributed by atoms with van der Waals surface area (Å²) < 4.78 is 16.9. The van der Waals surface area contributed by atoms with Crippen molar-refractivity contribution < 1.29 is 28.6 Å². The summed E-state index contributed by atoms with van der Waals surface area (Å²) in [7, 11) is 0. The van der Waals surface area contributed by atoms with Gasteiger partial charge in [-0.2, -0.15) is 0 Å². The second-order valence-corrected chi connectivity index (χ2v) is 19.9. The second kappa shape index (κ2) is 57.7. The van der Waals surface area contributed by atoms with Crippen LogP contribution < -0.4 is 0 Å². The van der Waals surface area contributed by atoms with Gasteiger partial charge in [-0.05, 0) is 83.5 Å². The average molecular weight is 966 g/mol. The van der Waals surface area contributed by atoms with Crippen molar-refractivity contribution in [1.29, 1.82) is 0 Å². The second-order valence-electron chi connectivity index (χ2n) is 19.9. The predicted octanol–water partition coefficient (Wildman–Crippen LogP) is 20.0. The maximum atomic E-state index is 12.9. The van der Waals surface area contributed by atoms with E-state index in [9.17, 15) is 14.4 Å². The molecule has 0 heterocycles. The van der Waals surface area contributed by atoms with Crippen molar-refractivity contribution in [1.82, 2.24) is 0 Å². The first-order valence-electron chi connectivity index (χ1n) is 29.8. The fourth-order valence-corrected chi connectivity index (χ4v) is 8.55. The highest BCUT2D eigenvalue weighted by molar-refractivity contribution is 5.71. The quantitative estimate of drug-likeness (QED) is 0.0262. The van der Waals surface area contributed by atoms with Crippen LogP contribution in [0.25, 0.3) is 0 Å². The highest BCUT2D eigenvalue weighted by Crippen LogP contribution is 2.17. The molecule has 69 heavy (non-hydrogen) atoms. The van der Waals surface area contributed by atoms with Crippen LogP contribution in [0.4, 0.5) is 0 Å². The van der Waals surface area contributed by atoms with Gasteiger partial charge in [0.05, 0.1) is 0 Å². The minimum absolute atomic E-state index is 0.0842. The van der Waals surface area contributed by atoms with Gasteiger partial charge in [0.25, 0.3) is 0 Å². The van der Waals surface area contributed by atoms with E-state index in [-0.39, 0.29) is 31.1 Å². The molecule has 0 aromatic heterocycles. The molecule has 0 fully saturated rings. The van der Waals surface area contributed by atoms with Gasteiger partial charge in [-0.3, -0.25) is 14.4 Å². The van der Waals surface area contributed by atoms with Gasteiger partial charge in [0.1, 0.15) is 13.2 Å². The zero-order valence-corrected chi connectivity index (χ0v) is 45.8. The van der Waals surface area contributed by atoms with Crippen LogP contribution in [-0.2, 0) is 28.6 Å². The number of allylic oxidation sites excluding steroid dienone is 10. The molecule has 0 N–H and O–H groups in total. The van der Waals surface area contributed by atoms with E-state index in [2.05, 4.69) is 81.5 Å². The molecule has 0 radical (unpaired) electrons. The highest BCUT2D eigenvalue weighted by atomic mass is 16.6. The summed E-state index contributed by atoms with van der Waals surface area (Å²) in [5.74, 6) is -0.904. The van der Waals surface area contributed by atoms with Crippen LogP contribution in [0, 0.1) is 0 Å². The van der Waals surface area contributed by atoms with Crippen molar-refractivity contribution in [2.24, 2.45) is 0 Å². The van der Waals surface area contributed by atoms with Gasteiger partial charge >= 0.3 is 17.9 Å². The molecule has 0 spiro atoms. The standard InChI is InChI=1S/C63H112O6/c1-4-7-10-13-16-19-22-25-27-29-30-31-32-34-35-38-41-44-47-50-53-56-62(65)68-59-60(58-67-61(64)55-52-49-46-43-40-37-24-21-18-15-12-9-6-3)69-63(66)57-54-51-48-45-42-39-36-33-28-26-23-20-17-14-11-8-5-2/h8,11,17,20-21,24,26,28,36,39,60H,4-7,9-10,12-16,18-19,22-23,25,27,29-35,37-38,40-59H2,1-3H3/b11-8-,20-17-,24-21-,28-26-,39-36-. The van der Waals surface area contributed by atoms with Gasteiger partial charge in [-0.15, -0.1) is 0 Å². The monoisotopic (exact) mass is 965 g/mol. The number of hydrogen-bond acceptors (Lipinski definition) is 6. The Hall–Kier alpha value is -2.89. The maximum Gasteiger partial charge on any atom is 0.306 e. The first kappa shape index (κ1) is 66.1. The zero-order chi connectivity index (χ0) is 50.0. The molecule has 0 aromatic rings. The Kier molecular flexibility index (Phi) is 55.3. The summed E-state index contributed by atoms with van der Waals surface area (Å²) in [6, 6.07) is 0. The fourth-order valence-electron chi connectivity index (χ4n) is 8.55. The van der Waals surface area contributed by atoms with E-state index in [1.165, 1.54) is 161 Å². The van der Waals surface area contributed by atoms with E-state index in [0.717, 1.165) is 103 Å². The van der Waals surface area contributed by atoms with Gasteiger partial charge in [0, 0.05) is 19.3 Å². The summed E-state index contributed by atoms with van der Waals surface area (Å²) in [4.78, 5) is 38.2. The molecule has 0 rings (SSSR count). The minimum atomic E-state index is -0.789. The smallest absolute Gasteiger partial charge is 0.306 e. The Balaban J connectivity index is 4.35. The molecule has 0 saturated carbocycles. The van der Waals surface area contributed by atoms with Crippen LogP contribution in [0.5, 0.6) is 0 Å². The Bertz CT molecular complexity index is 1250. The van der Waals surface area contributed by atoms with E-state index in [1.807, 2.05) is 0 Å². The largest absolute Gasteiger partial charge is 0.462 e. The van der Waals surface area contributed by atoms with Crippen molar-refractivity contribution in [2.75, 3.05) is 13.2 Å². The summed E-state index contributed by atoms with van der Waals surface area (Å²) in [6.07, 6.45) is 72.2. The lowest BCUT2D eigenvalue weighted by molar-refractivity contribution is -0.167. The Labute approximate surface area is 428 Å². The van der Waals surface area contributed by atoms with Crippen LogP contribution in [0.15, 0.2) is 60.8 Å². The molecule has 0 aliphatic rings. The summed E-state index contributed by atoms with van der Waals surface area (Å²) in [5, 5.41) is 0. The predicted molar refractivity (Wildman–Crippen MR) is 298 cm³/mol. The average Bonchev–Trinajstić information content (AvgIpc) is 3.35. The van der Waals surface area contributed by atoms with Crippen LogP contribution in [0.3, 0.4) is 0 Å². The number of esters is 3. The minimum Gasteiger partial charge on any atom is -0.462 e. The van der Waals surface area contributed by atoms with Crippen molar-refractivity contribution in [3.63, 3.8) is 0 Å². The third-order valence-corrected chi connectivity index (χ3v) is 13.0. The van der Waals surface area contributed by atoms with Gasteiger partial charge in [-0.1, -0.05) is 261 Å². The van der Waals surface area contributed by atoms with Gasteiger partial charge < -0.3 is 14.2 Å². The lowest BCUT2D eigenvalue weighted by Gasteiger charge is -2.18. The Morgan fingerprint density at radius 3 is 0.913 bits per heavy atom. The van der Waals surface area contributed by atoms with Gasteiger partial charge in [0.2, 0.25) is 0 Å². The molecule has 1 atom stereocenters. The molecule has 0 aromatic carbocycles. The SMILES string of the molecule is CC/C=C\C/C=C\C/C=C\C/C=C\CCCCCCC(=O)OC(COC(=O)CCCCCCC/C=C\CCCCCC)COC(=O)CCCCCCCCCCCCCCCCCCCCCCC. The molecular formula is C63H112O6. The number of ether oxygens (including phenoxy) is 3. The van der Waals surface area contributed by atoms with Crippen LogP contribution in [0.2, 0.25) is 0 Å². The molecule has 400 valence electrons.